The third kappa shape index (κ3) is 7.87. The number of thiazole rings is 2. The molecule has 250 valence electrons. The standard InChI is InChI=1S/C37H38N8O2S2/c1-24(10-8-16-38-32(46)18-25-11-4-2-5-12-25)34-39-20-27(43-34)30-22-41-36(48-30)37-42-23-31(49-37)28-21-40-35(44-28)29-15-9-17-45(29)33(47)19-26-13-6-3-7-14-26/h2-7,11-14,20-24,29H,8-10,15-19H2,1H3,(H,38,46)(H,39,43)(H,40,44)/t24-,29-/m0/s1. The lowest BCUT2D eigenvalue weighted by molar-refractivity contribution is -0.131. The quantitative estimate of drug-likeness (QED) is 0.110. The topological polar surface area (TPSA) is 133 Å². The highest BCUT2D eigenvalue weighted by Gasteiger charge is 2.32. The van der Waals surface area contributed by atoms with Gasteiger partial charge in [0, 0.05) is 31.4 Å². The zero-order valence-electron chi connectivity index (χ0n) is 27.3. The fourth-order valence-electron chi connectivity index (χ4n) is 6.18. The third-order valence-corrected chi connectivity index (χ3v) is 11.0. The fraction of sp³-hybridized carbons (Fsp3) is 0.297. The second-order valence-corrected chi connectivity index (χ2v) is 14.4. The molecule has 2 amide bonds. The monoisotopic (exact) mass is 690 g/mol. The summed E-state index contributed by atoms with van der Waals surface area (Å²) < 4.78 is 0. The van der Waals surface area contributed by atoms with E-state index >= 15 is 0 Å². The van der Waals surface area contributed by atoms with Crippen molar-refractivity contribution in [1.29, 1.82) is 0 Å². The molecule has 1 aliphatic heterocycles. The van der Waals surface area contributed by atoms with Crippen molar-refractivity contribution in [3.63, 3.8) is 0 Å². The Morgan fingerprint density at radius 2 is 1.47 bits per heavy atom. The first-order valence-corrected chi connectivity index (χ1v) is 18.3. The molecule has 2 atom stereocenters. The van der Waals surface area contributed by atoms with E-state index in [-0.39, 0.29) is 23.8 Å². The second kappa shape index (κ2) is 15.1. The van der Waals surface area contributed by atoms with Crippen molar-refractivity contribution >= 4 is 34.5 Å². The van der Waals surface area contributed by atoms with Gasteiger partial charge in [-0.15, -0.1) is 22.7 Å². The van der Waals surface area contributed by atoms with Crippen molar-refractivity contribution in [2.45, 2.75) is 57.4 Å². The Hall–Kier alpha value is -4.94. The van der Waals surface area contributed by atoms with Gasteiger partial charge in [0.1, 0.15) is 11.6 Å². The highest BCUT2D eigenvalue weighted by atomic mass is 32.1. The van der Waals surface area contributed by atoms with Crippen LogP contribution in [0.3, 0.4) is 0 Å². The number of hydrogen-bond acceptors (Lipinski definition) is 8. The lowest BCUT2D eigenvalue weighted by Crippen LogP contribution is -2.32. The molecular weight excluding hydrogens is 653 g/mol. The summed E-state index contributed by atoms with van der Waals surface area (Å²) >= 11 is 3.14. The van der Waals surface area contributed by atoms with Crippen LogP contribution in [-0.4, -0.2) is 59.7 Å². The molecular formula is C37H38N8O2S2. The summed E-state index contributed by atoms with van der Waals surface area (Å²) in [5, 5.41) is 4.71. The highest BCUT2D eigenvalue weighted by Crippen LogP contribution is 2.38. The zero-order valence-corrected chi connectivity index (χ0v) is 28.9. The van der Waals surface area contributed by atoms with E-state index in [0.717, 1.165) is 86.2 Å². The Morgan fingerprint density at radius 3 is 2.16 bits per heavy atom. The molecule has 3 N–H and O–H groups in total. The number of imidazole rings is 2. The Kier molecular flexibility index (Phi) is 10.0. The zero-order chi connectivity index (χ0) is 33.6. The van der Waals surface area contributed by atoms with Crippen molar-refractivity contribution in [1.82, 2.24) is 40.1 Å². The maximum absolute atomic E-state index is 13.1. The Labute approximate surface area is 293 Å². The average molecular weight is 691 g/mol. The Morgan fingerprint density at radius 1 is 0.837 bits per heavy atom. The molecule has 7 rings (SSSR count). The van der Waals surface area contributed by atoms with E-state index in [9.17, 15) is 9.59 Å². The predicted octanol–water partition coefficient (Wildman–Crippen LogP) is 7.20. The van der Waals surface area contributed by atoms with Crippen molar-refractivity contribution in [3.05, 3.63) is 108 Å². The van der Waals surface area contributed by atoms with Gasteiger partial charge in [-0.1, -0.05) is 67.6 Å². The lowest BCUT2D eigenvalue weighted by atomic mass is 10.1. The Balaban J connectivity index is 0.927. The van der Waals surface area contributed by atoms with Gasteiger partial charge in [0.25, 0.3) is 0 Å². The van der Waals surface area contributed by atoms with E-state index in [1.165, 1.54) is 0 Å². The molecule has 10 nitrogen and oxygen atoms in total. The molecule has 0 spiro atoms. The molecule has 49 heavy (non-hydrogen) atoms. The first-order chi connectivity index (χ1) is 24.0. The van der Waals surface area contributed by atoms with Gasteiger partial charge in [-0.2, -0.15) is 0 Å². The number of H-pyrrole nitrogens is 2. The molecule has 5 heterocycles. The van der Waals surface area contributed by atoms with Crippen LogP contribution in [0.1, 0.15) is 67.3 Å². The molecule has 1 aliphatic rings. The van der Waals surface area contributed by atoms with Crippen LogP contribution >= 0.6 is 22.7 Å². The number of rotatable bonds is 13. The number of likely N-dealkylation sites (tertiary alicyclic amines) is 1. The van der Waals surface area contributed by atoms with Crippen LogP contribution in [0.25, 0.3) is 31.2 Å². The van der Waals surface area contributed by atoms with Crippen LogP contribution < -0.4 is 5.32 Å². The minimum atomic E-state index is -0.0494. The molecule has 0 saturated carbocycles. The Bertz CT molecular complexity index is 2000. The summed E-state index contributed by atoms with van der Waals surface area (Å²) in [5.41, 5.74) is 3.86. The van der Waals surface area contributed by atoms with Crippen molar-refractivity contribution in [2.75, 3.05) is 13.1 Å². The number of hydrogen-bond donors (Lipinski definition) is 3. The largest absolute Gasteiger partial charge is 0.356 e. The lowest BCUT2D eigenvalue weighted by Gasteiger charge is -2.23. The van der Waals surface area contributed by atoms with Crippen LogP contribution in [0.2, 0.25) is 0 Å². The normalized spacial score (nSPS) is 15.0. The van der Waals surface area contributed by atoms with Crippen LogP contribution in [0.15, 0.2) is 85.5 Å². The average Bonchev–Trinajstić information content (AvgIpc) is 3.95. The maximum atomic E-state index is 13.1. The molecule has 0 radical (unpaired) electrons. The third-order valence-electron chi connectivity index (χ3n) is 8.81. The summed E-state index contributed by atoms with van der Waals surface area (Å²) in [6.07, 6.45) is 11.9. The molecule has 1 saturated heterocycles. The van der Waals surface area contributed by atoms with E-state index in [2.05, 4.69) is 42.1 Å². The summed E-state index contributed by atoms with van der Waals surface area (Å²) in [4.78, 5) is 55.0. The van der Waals surface area contributed by atoms with Crippen molar-refractivity contribution in [3.8, 4) is 31.2 Å². The van der Waals surface area contributed by atoms with Crippen molar-refractivity contribution in [2.24, 2.45) is 0 Å². The van der Waals surface area contributed by atoms with E-state index in [1.807, 2.05) is 90.4 Å². The molecule has 0 aliphatic carbocycles. The van der Waals surface area contributed by atoms with Crippen LogP contribution in [0.4, 0.5) is 0 Å². The second-order valence-electron chi connectivity index (χ2n) is 12.4. The molecule has 0 unspecified atom stereocenters. The number of nitrogens with one attached hydrogen (secondary N) is 3. The number of carbonyl (C=O) groups is 2. The molecule has 1 fully saturated rings. The summed E-state index contributed by atoms with van der Waals surface area (Å²) in [5.74, 6) is 2.15. The number of benzene rings is 2. The van der Waals surface area contributed by atoms with Crippen LogP contribution in [0.5, 0.6) is 0 Å². The first-order valence-electron chi connectivity index (χ1n) is 16.7. The van der Waals surface area contributed by atoms with Gasteiger partial charge in [0.15, 0.2) is 10.0 Å². The predicted molar refractivity (Wildman–Crippen MR) is 193 cm³/mol. The van der Waals surface area contributed by atoms with Gasteiger partial charge in [-0.25, -0.2) is 19.9 Å². The minimum Gasteiger partial charge on any atom is -0.356 e. The van der Waals surface area contributed by atoms with Gasteiger partial charge in [0.05, 0.1) is 52.4 Å². The number of amides is 2. The molecule has 6 aromatic rings. The molecule has 12 heteroatoms. The molecule has 2 aromatic carbocycles. The number of carbonyl (C=O) groups excluding carboxylic acids is 2. The molecule has 0 bridgehead atoms. The van der Waals surface area contributed by atoms with E-state index < -0.39 is 0 Å². The van der Waals surface area contributed by atoms with Gasteiger partial charge >= 0.3 is 0 Å². The number of aromatic amines is 2. The molecule has 4 aromatic heterocycles. The SMILES string of the molecule is C[C@@H](CCCNC(=O)Cc1ccccc1)c1ncc(-c2cnc(-c3ncc(-c4cnc([C@@H]5CCCN5C(=O)Cc5ccccc5)[nH]4)s3)s2)[nH]1. The van der Waals surface area contributed by atoms with E-state index in [1.54, 1.807) is 22.7 Å². The number of nitrogens with zero attached hydrogens (tertiary/aromatic N) is 5. The highest BCUT2D eigenvalue weighted by molar-refractivity contribution is 7.24. The smallest absolute Gasteiger partial charge is 0.227 e. The maximum Gasteiger partial charge on any atom is 0.227 e. The van der Waals surface area contributed by atoms with Gasteiger partial charge in [0.2, 0.25) is 11.8 Å². The number of aromatic nitrogens is 6. The first kappa shape index (κ1) is 32.6. The van der Waals surface area contributed by atoms with Crippen LogP contribution in [-0.2, 0) is 22.4 Å². The van der Waals surface area contributed by atoms with Crippen molar-refractivity contribution < 1.29 is 9.59 Å². The van der Waals surface area contributed by atoms with Gasteiger partial charge in [-0.3, -0.25) is 9.59 Å². The summed E-state index contributed by atoms with van der Waals surface area (Å²) in [6.45, 7) is 3.54. The van der Waals surface area contributed by atoms with Gasteiger partial charge < -0.3 is 20.2 Å². The summed E-state index contributed by atoms with van der Waals surface area (Å²) in [6, 6.07) is 19.6. The van der Waals surface area contributed by atoms with E-state index in [0.29, 0.717) is 19.4 Å². The fourth-order valence-corrected chi connectivity index (χ4v) is 7.97. The minimum absolute atomic E-state index is 0.0464. The summed E-state index contributed by atoms with van der Waals surface area (Å²) in [7, 11) is 0. The van der Waals surface area contributed by atoms with E-state index in [4.69, 9.17) is 0 Å². The van der Waals surface area contributed by atoms with Gasteiger partial charge in [-0.05, 0) is 36.8 Å². The van der Waals surface area contributed by atoms with Crippen LogP contribution in [0, 0.1) is 0 Å².